The molecule has 0 unspecified atom stereocenters. The Kier molecular flexibility index (Phi) is 3.36. The van der Waals surface area contributed by atoms with Gasteiger partial charge in [0.05, 0.1) is 5.60 Å². The molecule has 21 heavy (non-hydrogen) atoms. The van der Waals surface area contributed by atoms with Crippen LogP contribution in [0, 0.1) is 12.3 Å². The summed E-state index contributed by atoms with van der Waals surface area (Å²) in [4.78, 5) is 4.32. The lowest BCUT2D eigenvalue weighted by Crippen LogP contribution is -2.42. The highest BCUT2D eigenvalue weighted by molar-refractivity contribution is 5.62. The van der Waals surface area contributed by atoms with Crippen molar-refractivity contribution in [3.63, 3.8) is 0 Å². The number of hydrogen-bond donors (Lipinski definition) is 2. The fourth-order valence-corrected chi connectivity index (χ4v) is 2.88. The van der Waals surface area contributed by atoms with Crippen molar-refractivity contribution in [2.75, 3.05) is 11.9 Å². The van der Waals surface area contributed by atoms with E-state index in [1.807, 2.05) is 17.5 Å². The number of anilines is 1. The molecule has 114 valence electrons. The van der Waals surface area contributed by atoms with Crippen LogP contribution in [0.1, 0.15) is 45.4 Å². The van der Waals surface area contributed by atoms with Gasteiger partial charge in [0.2, 0.25) is 5.65 Å². The zero-order valence-corrected chi connectivity index (χ0v) is 12.9. The first kappa shape index (κ1) is 14.3. The van der Waals surface area contributed by atoms with Gasteiger partial charge in [0.25, 0.3) is 0 Å². The van der Waals surface area contributed by atoms with Crippen molar-refractivity contribution in [2.24, 2.45) is 5.41 Å². The number of aliphatic hydroxyl groups is 1. The molecule has 0 spiro atoms. The fraction of sp³-hybridized carbons (Fsp3) is 0.667. The molecule has 0 bridgehead atoms. The minimum absolute atomic E-state index is 0.342. The molecule has 0 aromatic carbocycles. The summed E-state index contributed by atoms with van der Waals surface area (Å²) in [6.45, 7) is 6.94. The van der Waals surface area contributed by atoms with Gasteiger partial charge in [-0.25, -0.2) is 4.98 Å². The van der Waals surface area contributed by atoms with Crippen LogP contribution in [0.25, 0.3) is 5.65 Å². The lowest BCUT2D eigenvalue weighted by molar-refractivity contribution is -0.0145. The average Bonchev–Trinajstić information content (AvgIpc) is 2.83. The van der Waals surface area contributed by atoms with Gasteiger partial charge in [0.1, 0.15) is 5.82 Å². The van der Waals surface area contributed by atoms with Crippen LogP contribution >= 0.6 is 0 Å². The number of fused-ring (bicyclic) bond motifs is 1. The highest BCUT2D eigenvalue weighted by Gasteiger charge is 2.36. The van der Waals surface area contributed by atoms with E-state index in [1.54, 1.807) is 6.20 Å². The first-order chi connectivity index (χ1) is 9.89. The van der Waals surface area contributed by atoms with Crippen LogP contribution < -0.4 is 5.32 Å². The second kappa shape index (κ2) is 4.94. The van der Waals surface area contributed by atoms with Gasteiger partial charge in [-0.2, -0.15) is 0 Å². The zero-order chi connectivity index (χ0) is 15.1. The second-order valence-electron chi connectivity index (χ2n) is 6.96. The normalized spacial score (nSPS) is 20.6. The van der Waals surface area contributed by atoms with Crippen molar-refractivity contribution in [1.29, 1.82) is 0 Å². The highest BCUT2D eigenvalue weighted by atomic mass is 16.3. The van der Waals surface area contributed by atoms with Crippen molar-refractivity contribution >= 4 is 11.5 Å². The van der Waals surface area contributed by atoms with E-state index in [-0.39, 0.29) is 0 Å². The molecule has 0 amide bonds. The quantitative estimate of drug-likeness (QED) is 0.905. The molecule has 0 saturated heterocycles. The number of aromatic nitrogens is 4. The Bertz CT molecular complexity index is 639. The summed E-state index contributed by atoms with van der Waals surface area (Å²) in [6, 6.07) is 0. The van der Waals surface area contributed by atoms with Gasteiger partial charge in [0.15, 0.2) is 5.82 Å². The maximum Gasteiger partial charge on any atom is 0.203 e. The van der Waals surface area contributed by atoms with Crippen molar-refractivity contribution in [3.05, 3.63) is 18.2 Å². The van der Waals surface area contributed by atoms with Gasteiger partial charge in [-0.1, -0.05) is 13.8 Å². The van der Waals surface area contributed by atoms with Gasteiger partial charge in [-0.15, -0.1) is 10.2 Å². The Morgan fingerprint density at radius 3 is 2.67 bits per heavy atom. The monoisotopic (exact) mass is 289 g/mol. The van der Waals surface area contributed by atoms with Crippen LogP contribution in [0.15, 0.2) is 12.4 Å². The van der Waals surface area contributed by atoms with E-state index in [0.717, 1.165) is 31.5 Å². The van der Waals surface area contributed by atoms with E-state index in [2.05, 4.69) is 34.3 Å². The van der Waals surface area contributed by atoms with Crippen molar-refractivity contribution in [1.82, 2.24) is 19.6 Å². The predicted molar refractivity (Wildman–Crippen MR) is 81.2 cm³/mol. The molecule has 2 N–H and O–H groups in total. The molecule has 0 radical (unpaired) electrons. The third-order valence-corrected chi connectivity index (χ3v) is 4.62. The molecule has 2 heterocycles. The third kappa shape index (κ3) is 2.85. The summed E-state index contributed by atoms with van der Waals surface area (Å²) in [5.41, 5.74) is 0.392. The predicted octanol–water partition coefficient (Wildman–Crippen LogP) is 2.18. The zero-order valence-electron chi connectivity index (χ0n) is 12.9. The Morgan fingerprint density at radius 1 is 1.24 bits per heavy atom. The third-order valence-electron chi connectivity index (χ3n) is 4.62. The number of nitrogens with one attached hydrogen (secondary N) is 1. The Labute approximate surface area is 124 Å². The molecular formula is C15H23N5O. The SMILES string of the molecule is Cc1nnc2c(NCC3(O)CCC(C)(C)CC3)nccn12. The van der Waals surface area contributed by atoms with E-state index in [1.165, 1.54) is 0 Å². The summed E-state index contributed by atoms with van der Waals surface area (Å²) in [6.07, 6.45) is 7.30. The van der Waals surface area contributed by atoms with Gasteiger partial charge < -0.3 is 10.4 Å². The van der Waals surface area contributed by atoms with Crippen LogP contribution in [0.4, 0.5) is 5.82 Å². The summed E-state index contributed by atoms with van der Waals surface area (Å²) < 4.78 is 1.89. The fourth-order valence-electron chi connectivity index (χ4n) is 2.88. The standard InChI is InChI=1S/C15H23N5O/c1-11-18-19-13-12(16-8-9-20(11)13)17-10-15(21)6-4-14(2,3)5-7-15/h8-9,21H,4-7,10H2,1-3H3,(H,16,17). The first-order valence-corrected chi connectivity index (χ1v) is 7.51. The van der Waals surface area contributed by atoms with E-state index in [9.17, 15) is 5.11 Å². The summed E-state index contributed by atoms with van der Waals surface area (Å²) in [5.74, 6) is 1.50. The van der Waals surface area contributed by atoms with E-state index >= 15 is 0 Å². The summed E-state index contributed by atoms with van der Waals surface area (Å²) >= 11 is 0. The van der Waals surface area contributed by atoms with E-state index in [0.29, 0.717) is 23.4 Å². The lowest BCUT2D eigenvalue weighted by atomic mass is 9.71. The number of nitrogens with zero attached hydrogens (tertiary/aromatic N) is 4. The van der Waals surface area contributed by atoms with Crippen molar-refractivity contribution in [2.45, 2.75) is 52.1 Å². The van der Waals surface area contributed by atoms with Crippen LogP contribution in [0.3, 0.4) is 0 Å². The molecule has 0 aliphatic heterocycles. The van der Waals surface area contributed by atoms with Crippen LogP contribution in [-0.4, -0.2) is 36.8 Å². The summed E-state index contributed by atoms with van der Waals surface area (Å²) in [7, 11) is 0. The van der Waals surface area contributed by atoms with Crippen LogP contribution in [0.5, 0.6) is 0 Å². The molecule has 1 fully saturated rings. The Morgan fingerprint density at radius 2 is 1.95 bits per heavy atom. The van der Waals surface area contributed by atoms with Gasteiger partial charge in [-0.05, 0) is 38.0 Å². The van der Waals surface area contributed by atoms with Gasteiger partial charge in [-0.3, -0.25) is 4.40 Å². The Balaban J connectivity index is 1.72. The molecule has 1 aliphatic rings. The number of rotatable bonds is 3. The van der Waals surface area contributed by atoms with Crippen LogP contribution in [0.2, 0.25) is 0 Å². The molecule has 6 nitrogen and oxygen atoms in total. The smallest absolute Gasteiger partial charge is 0.203 e. The molecule has 2 aromatic heterocycles. The first-order valence-electron chi connectivity index (χ1n) is 7.51. The minimum Gasteiger partial charge on any atom is -0.388 e. The average molecular weight is 289 g/mol. The van der Waals surface area contributed by atoms with Gasteiger partial charge in [0, 0.05) is 18.9 Å². The topological polar surface area (TPSA) is 75.3 Å². The maximum atomic E-state index is 10.7. The molecular weight excluding hydrogens is 266 g/mol. The lowest BCUT2D eigenvalue weighted by Gasteiger charge is -2.40. The van der Waals surface area contributed by atoms with E-state index < -0.39 is 5.60 Å². The Hall–Kier alpha value is -1.69. The number of aryl methyl sites for hydroxylation is 1. The molecule has 3 rings (SSSR count). The molecule has 1 aliphatic carbocycles. The largest absolute Gasteiger partial charge is 0.388 e. The van der Waals surface area contributed by atoms with Crippen molar-refractivity contribution < 1.29 is 5.11 Å². The highest BCUT2D eigenvalue weighted by Crippen LogP contribution is 2.40. The molecule has 0 atom stereocenters. The second-order valence-corrected chi connectivity index (χ2v) is 6.96. The van der Waals surface area contributed by atoms with Crippen molar-refractivity contribution in [3.8, 4) is 0 Å². The van der Waals surface area contributed by atoms with Crippen LogP contribution in [-0.2, 0) is 0 Å². The number of hydrogen-bond acceptors (Lipinski definition) is 5. The molecule has 6 heteroatoms. The maximum absolute atomic E-state index is 10.7. The van der Waals surface area contributed by atoms with E-state index in [4.69, 9.17) is 0 Å². The van der Waals surface area contributed by atoms with Gasteiger partial charge >= 0.3 is 0 Å². The molecule has 2 aromatic rings. The molecule has 1 saturated carbocycles. The summed E-state index contributed by atoms with van der Waals surface area (Å²) in [5, 5.41) is 22.2. The minimum atomic E-state index is -0.654.